The van der Waals surface area contributed by atoms with E-state index < -0.39 is 6.10 Å². The lowest BCUT2D eigenvalue weighted by Gasteiger charge is -2.18. The molecule has 0 saturated carbocycles. The highest BCUT2D eigenvalue weighted by Gasteiger charge is 2.19. The zero-order valence-corrected chi connectivity index (χ0v) is 41.8. The van der Waals surface area contributed by atoms with Gasteiger partial charge in [-0.3, -0.25) is 14.4 Å². The third kappa shape index (κ3) is 49.6. The maximum atomic E-state index is 12.8. The molecule has 64 heavy (non-hydrogen) atoms. The summed E-state index contributed by atoms with van der Waals surface area (Å²) in [7, 11) is 0. The first-order valence-electron chi connectivity index (χ1n) is 26.7. The number of ether oxygens (including phenoxy) is 3. The largest absolute Gasteiger partial charge is 0.462 e. The predicted molar refractivity (Wildman–Crippen MR) is 274 cm³/mol. The smallest absolute Gasteiger partial charge is 0.306 e. The molecule has 0 amide bonds. The molecule has 6 nitrogen and oxygen atoms in total. The van der Waals surface area contributed by atoms with Crippen LogP contribution >= 0.6 is 0 Å². The molecule has 0 aliphatic carbocycles. The van der Waals surface area contributed by atoms with Gasteiger partial charge in [-0.2, -0.15) is 0 Å². The van der Waals surface area contributed by atoms with Gasteiger partial charge in [-0.15, -0.1) is 0 Å². The van der Waals surface area contributed by atoms with Crippen LogP contribution in [0.2, 0.25) is 0 Å². The first kappa shape index (κ1) is 60.6. The van der Waals surface area contributed by atoms with E-state index in [1.165, 1.54) is 109 Å². The summed E-state index contributed by atoms with van der Waals surface area (Å²) in [6.45, 7) is 6.49. The monoisotopic (exact) mass is 891 g/mol. The van der Waals surface area contributed by atoms with Gasteiger partial charge in [0.25, 0.3) is 0 Å². The van der Waals surface area contributed by atoms with Crippen molar-refractivity contribution in [2.45, 2.75) is 252 Å². The van der Waals surface area contributed by atoms with Crippen LogP contribution in [-0.4, -0.2) is 37.2 Å². The summed E-state index contributed by atoms with van der Waals surface area (Å²) in [5, 5.41) is 0. The molecule has 0 radical (unpaired) electrons. The Hall–Kier alpha value is -3.41. The summed E-state index contributed by atoms with van der Waals surface area (Å²) >= 11 is 0. The maximum absolute atomic E-state index is 12.8. The van der Waals surface area contributed by atoms with Gasteiger partial charge in [-0.25, -0.2) is 0 Å². The average molecular weight is 891 g/mol. The van der Waals surface area contributed by atoms with Crippen molar-refractivity contribution in [1.29, 1.82) is 0 Å². The van der Waals surface area contributed by atoms with Gasteiger partial charge in [-0.1, -0.05) is 247 Å². The number of hydrogen-bond acceptors (Lipinski definition) is 6. The van der Waals surface area contributed by atoms with Gasteiger partial charge in [-0.05, 0) is 64.2 Å². The SMILES string of the molecule is CCC\C=C/C=C\C=C/C=C\C=C/CCCCCCCC(=O)OCC(COC(=O)CCCCCCCCCCCCCCC)OC(=O)CCCCCCCC/C=C\C=C/CCCCC. The van der Waals surface area contributed by atoms with Crippen molar-refractivity contribution >= 4 is 17.9 Å². The normalized spacial score (nSPS) is 12.7. The Balaban J connectivity index is 4.46. The Morgan fingerprint density at radius 2 is 0.594 bits per heavy atom. The first-order valence-corrected chi connectivity index (χ1v) is 26.7. The van der Waals surface area contributed by atoms with Crippen LogP contribution in [0.15, 0.2) is 85.1 Å². The molecule has 0 aromatic rings. The third-order valence-corrected chi connectivity index (χ3v) is 11.3. The second-order valence-electron chi connectivity index (χ2n) is 17.6. The molecule has 0 saturated heterocycles. The molecule has 0 aliphatic heterocycles. The second-order valence-corrected chi connectivity index (χ2v) is 17.6. The van der Waals surface area contributed by atoms with Crippen LogP contribution in [0, 0.1) is 0 Å². The molecule has 0 heterocycles. The molecule has 1 atom stereocenters. The molecule has 366 valence electrons. The predicted octanol–water partition coefficient (Wildman–Crippen LogP) is 17.6. The van der Waals surface area contributed by atoms with Crippen LogP contribution in [0.4, 0.5) is 0 Å². The number of rotatable bonds is 47. The Kier molecular flexibility index (Phi) is 49.4. The Morgan fingerprint density at radius 3 is 0.984 bits per heavy atom. The molecular formula is C58H98O6. The molecule has 0 spiro atoms. The number of hydrogen-bond donors (Lipinski definition) is 0. The van der Waals surface area contributed by atoms with Gasteiger partial charge >= 0.3 is 17.9 Å². The van der Waals surface area contributed by atoms with Crippen LogP contribution in [0.5, 0.6) is 0 Å². The summed E-state index contributed by atoms with van der Waals surface area (Å²) in [6.07, 6.45) is 66.9. The first-order chi connectivity index (χ1) is 31.5. The van der Waals surface area contributed by atoms with Crippen molar-refractivity contribution in [1.82, 2.24) is 0 Å². The van der Waals surface area contributed by atoms with E-state index in [4.69, 9.17) is 14.2 Å². The summed E-state index contributed by atoms with van der Waals surface area (Å²) in [5.41, 5.74) is 0. The lowest BCUT2D eigenvalue weighted by atomic mass is 10.0. The molecular weight excluding hydrogens is 793 g/mol. The molecule has 0 fully saturated rings. The molecule has 6 heteroatoms. The Labute approximate surface area is 395 Å². The fourth-order valence-corrected chi connectivity index (χ4v) is 7.23. The molecule has 0 rings (SSSR count). The molecule has 0 bridgehead atoms. The second kappa shape index (κ2) is 52.2. The van der Waals surface area contributed by atoms with Crippen molar-refractivity contribution in [3.63, 3.8) is 0 Å². The van der Waals surface area contributed by atoms with Gasteiger partial charge in [0.05, 0.1) is 0 Å². The zero-order chi connectivity index (χ0) is 46.5. The van der Waals surface area contributed by atoms with Gasteiger partial charge in [0, 0.05) is 19.3 Å². The quantitative estimate of drug-likeness (QED) is 0.0262. The fraction of sp³-hybridized carbons (Fsp3) is 0.707. The van der Waals surface area contributed by atoms with Crippen LogP contribution < -0.4 is 0 Å². The maximum Gasteiger partial charge on any atom is 0.306 e. The highest BCUT2D eigenvalue weighted by atomic mass is 16.6. The molecule has 0 N–H and O–H groups in total. The van der Waals surface area contributed by atoms with E-state index in [-0.39, 0.29) is 31.1 Å². The van der Waals surface area contributed by atoms with Gasteiger partial charge in [0.1, 0.15) is 13.2 Å². The van der Waals surface area contributed by atoms with Crippen LogP contribution in [0.1, 0.15) is 245 Å². The lowest BCUT2D eigenvalue weighted by molar-refractivity contribution is -0.167. The van der Waals surface area contributed by atoms with E-state index in [0.29, 0.717) is 19.3 Å². The summed E-state index contributed by atoms with van der Waals surface area (Å²) in [6, 6.07) is 0. The highest BCUT2D eigenvalue weighted by molar-refractivity contribution is 5.71. The molecule has 0 aromatic carbocycles. The van der Waals surface area contributed by atoms with Crippen molar-refractivity contribution in [2.75, 3.05) is 13.2 Å². The Bertz CT molecular complexity index is 1250. The van der Waals surface area contributed by atoms with Crippen molar-refractivity contribution in [3.05, 3.63) is 85.1 Å². The Morgan fingerprint density at radius 1 is 0.312 bits per heavy atom. The minimum Gasteiger partial charge on any atom is -0.462 e. The summed E-state index contributed by atoms with van der Waals surface area (Å²) < 4.78 is 16.8. The van der Waals surface area contributed by atoms with Crippen LogP contribution in [0.3, 0.4) is 0 Å². The topological polar surface area (TPSA) is 78.9 Å². The molecule has 0 aliphatic rings. The average Bonchev–Trinajstić information content (AvgIpc) is 3.29. The molecule has 1 unspecified atom stereocenters. The molecule has 0 aromatic heterocycles. The van der Waals surface area contributed by atoms with E-state index in [1.807, 2.05) is 24.3 Å². The van der Waals surface area contributed by atoms with Gasteiger partial charge < -0.3 is 14.2 Å². The van der Waals surface area contributed by atoms with Gasteiger partial charge in [0.15, 0.2) is 6.10 Å². The van der Waals surface area contributed by atoms with Crippen molar-refractivity contribution < 1.29 is 28.6 Å². The van der Waals surface area contributed by atoms with Crippen LogP contribution in [0.25, 0.3) is 0 Å². The summed E-state index contributed by atoms with van der Waals surface area (Å²) in [5.74, 6) is -0.924. The van der Waals surface area contributed by atoms with Crippen LogP contribution in [-0.2, 0) is 28.6 Å². The van der Waals surface area contributed by atoms with E-state index >= 15 is 0 Å². The van der Waals surface area contributed by atoms with E-state index in [2.05, 4.69) is 81.5 Å². The fourth-order valence-electron chi connectivity index (χ4n) is 7.23. The van der Waals surface area contributed by atoms with E-state index in [9.17, 15) is 14.4 Å². The standard InChI is InChI=1S/C58H98O6/c1-4-7-10-13-16-19-22-25-27-28-29-31-33-36-39-42-45-48-51-57(60)63-54-55(53-62-56(59)50-47-44-41-38-35-32-24-21-18-15-12-9-6-3)64-58(61)52-49-46-43-40-37-34-30-26-23-20-17-14-11-8-5-2/h10,13,16-17,19-20,22-23,25-29,31,55H,4-9,11-12,14-15,18,21,24,30,32-54H2,1-3H3/b13-10-,19-16-,20-17-,25-22-,26-23-,28-27-,31-29-. The zero-order valence-electron chi connectivity index (χ0n) is 41.8. The lowest BCUT2D eigenvalue weighted by Crippen LogP contribution is -2.30. The minimum absolute atomic E-state index is 0.0886. The number of carbonyl (C=O) groups is 3. The number of unbranched alkanes of at least 4 members (excludes halogenated alkanes) is 27. The number of carbonyl (C=O) groups excluding carboxylic acids is 3. The number of allylic oxidation sites excluding steroid dienone is 14. The van der Waals surface area contributed by atoms with E-state index in [0.717, 1.165) is 96.3 Å². The minimum atomic E-state index is -0.792. The highest BCUT2D eigenvalue weighted by Crippen LogP contribution is 2.15. The van der Waals surface area contributed by atoms with Crippen molar-refractivity contribution in [3.8, 4) is 0 Å². The summed E-state index contributed by atoms with van der Waals surface area (Å²) in [4.78, 5) is 38.0. The van der Waals surface area contributed by atoms with Gasteiger partial charge in [0.2, 0.25) is 0 Å². The van der Waals surface area contributed by atoms with E-state index in [1.54, 1.807) is 0 Å². The van der Waals surface area contributed by atoms with Crippen molar-refractivity contribution in [2.24, 2.45) is 0 Å². The number of esters is 3. The third-order valence-electron chi connectivity index (χ3n) is 11.3.